The average molecular weight is 433 g/mol. The highest BCUT2D eigenvalue weighted by Gasteiger charge is 2.11. The topological polar surface area (TPSA) is 46.9 Å². The van der Waals surface area contributed by atoms with Crippen LogP contribution in [-0.4, -0.2) is 22.2 Å². The van der Waals surface area contributed by atoms with Gasteiger partial charge in [0.05, 0.1) is 22.0 Å². The van der Waals surface area contributed by atoms with E-state index in [0.717, 1.165) is 28.7 Å². The fourth-order valence-electron chi connectivity index (χ4n) is 2.70. The minimum atomic E-state index is -0.159. The van der Waals surface area contributed by atoms with E-state index in [-0.39, 0.29) is 5.91 Å². The van der Waals surface area contributed by atoms with Gasteiger partial charge in [-0.3, -0.25) is 4.79 Å². The van der Waals surface area contributed by atoms with Crippen molar-refractivity contribution in [2.45, 2.75) is 19.8 Å². The molecule has 0 unspecified atom stereocenters. The first-order chi connectivity index (χ1) is 12.5. The first-order valence-corrected chi connectivity index (χ1v) is 9.55. The van der Waals surface area contributed by atoms with E-state index < -0.39 is 0 Å². The summed E-state index contributed by atoms with van der Waals surface area (Å²) in [5, 5.41) is 7.94. The molecule has 1 N–H and O–H groups in total. The van der Waals surface area contributed by atoms with E-state index in [1.165, 1.54) is 5.56 Å². The fraction of sp³-hybridized carbons (Fsp3) is 0.200. The van der Waals surface area contributed by atoms with Gasteiger partial charge in [-0.2, -0.15) is 5.10 Å². The van der Waals surface area contributed by atoms with Gasteiger partial charge in [0.15, 0.2) is 0 Å². The van der Waals surface area contributed by atoms with Crippen LogP contribution in [0.4, 0.5) is 0 Å². The van der Waals surface area contributed by atoms with Gasteiger partial charge in [-0.05, 0) is 55.7 Å². The number of aryl methyl sites for hydroxylation is 2. The molecule has 0 radical (unpaired) electrons. The van der Waals surface area contributed by atoms with Gasteiger partial charge in [0.2, 0.25) is 0 Å². The van der Waals surface area contributed by atoms with Crippen LogP contribution in [0.1, 0.15) is 28.0 Å². The lowest BCUT2D eigenvalue weighted by Crippen LogP contribution is -2.25. The van der Waals surface area contributed by atoms with E-state index in [9.17, 15) is 4.79 Å². The SMILES string of the molecule is Cc1nn(-c2ccccc2)cc1CCCNC(=O)c1cc(Br)ccc1Cl. The van der Waals surface area contributed by atoms with Crippen LogP contribution >= 0.6 is 27.5 Å². The summed E-state index contributed by atoms with van der Waals surface area (Å²) in [6.07, 6.45) is 3.74. The van der Waals surface area contributed by atoms with E-state index in [1.807, 2.05) is 48.0 Å². The van der Waals surface area contributed by atoms with Crippen molar-refractivity contribution in [3.05, 3.63) is 81.0 Å². The zero-order valence-corrected chi connectivity index (χ0v) is 16.7. The first-order valence-electron chi connectivity index (χ1n) is 8.38. The lowest BCUT2D eigenvalue weighted by molar-refractivity contribution is 0.0953. The van der Waals surface area contributed by atoms with Gasteiger partial charge >= 0.3 is 0 Å². The molecule has 0 aliphatic rings. The smallest absolute Gasteiger partial charge is 0.252 e. The maximum absolute atomic E-state index is 12.3. The normalized spacial score (nSPS) is 10.7. The van der Waals surface area contributed by atoms with Crippen LogP contribution in [0.15, 0.2) is 59.2 Å². The monoisotopic (exact) mass is 431 g/mol. The molecule has 0 atom stereocenters. The van der Waals surface area contributed by atoms with Gasteiger partial charge in [-0.25, -0.2) is 4.68 Å². The predicted octanol–water partition coefficient (Wildman–Crippen LogP) is 4.96. The second-order valence-electron chi connectivity index (χ2n) is 6.00. The van der Waals surface area contributed by atoms with Crippen LogP contribution in [-0.2, 0) is 6.42 Å². The van der Waals surface area contributed by atoms with E-state index >= 15 is 0 Å². The zero-order chi connectivity index (χ0) is 18.5. The lowest BCUT2D eigenvalue weighted by Gasteiger charge is -2.07. The van der Waals surface area contributed by atoms with E-state index in [0.29, 0.717) is 17.1 Å². The molecule has 0 fully saturated rings. The molecule has 3 rings (SSSR count). The van der Waals surface area contributed by atoms with E-state index in [2.05, 4.69) is 32.5 Å². The standard InChI is InChI=1S/C20H19BrClN3O/c1-14-15(13-25(24-14)17-7-3-2-4-8-17)6-5-11-23-20(26)18-12-16(21)9-10-19(18)22/h2-4,7-10,12-13H,5-6,11H2,1H3,(H,23,26). The molecule has 3 aromatic rings. The summed E-state index contributed by atoms with van der Waals surface area (Å²) in [5.41, 5.74) is 3.72. The van der Waals surface area contributed by atoms with Gasteiger partial charge in [0.1, 0.15) is 0 Å². The van der Waals surface area contributed by atoms with Crippen molar-refractivity contribution in [1.82, 2.24) is 15.1 Å². The number of aromatic nitrogens is 2. The van der Waals surface area contributed by atoms with Gasteiger partial charge in [0.25, 0.3) is 5.91 Å². The highest BCUT2D eigenvalue weighted by molar-refractivity contribution is 9.10. The average Bonchev–Trinajstić information content (AvgIpc) is 3.02. The van der Waals surface area contributed by atoms with E-state index in [4.69, 9.17) is 11.6 Å². The molecule has 0 aliphatic heterocycles. The molecular weight excluding hydrogens is 414 g/mol. The van der Waals surface area contributed by atoms with Gasteiger partial charge in [-0.1, -0.05) is 45.7 Å². The van der Waals surface area contributed by atoms with Crippen molar-refractivity contribution >= 4 is 33.4 Å². The van der Waals surface area contributed by atoms with Gasteiger partial charge < -0.3 is 5.32 Å². The number of carbonyl (C=O) groups excluding carboxylic acids is 1. The maximum atomic E-state index is 12.3. The molecule has 0 bridgehead atoms. The van der Waals surface area contributed by atoms with E-state index in [1.54, 1.807) is 12.1 Å². The van der Waals surface area contributed by atoms with Crippen LogP contribution in [0.25, 0.3) is 5.69 Å². The molecule has 0 saturated carbocycles. The van der Waals surface area contributed by atoms with Crippen LogP contribution in [0, 0.1) is 6.92 Å². The largest absolute Gasteiger partial charge is 0.352 e. The van der Waals surface area contributed by atoms with Crippen LogP contribution in [0.3, 0.4) is 0 Å². The Kier molecular flexibility index (Phi) is 6.12. The molecule has 4 nitrogen and oxygen atoms in total. The van der Waals surface area contributed by atoms with Crippen molar-refractivity contribution in [2.75, 3.05) is 6.54 Å². The Labute approximate surface area is 166 Å². The summed E-state index contributed by atoms with van der Waals surface area (Å²) in [4.78, 5) is 12.3. The summed E-state index contributed by atoms with van der Waals surface area (Å²) < 4.78 is 2.72. The Balaban J connectivity index is 1.55. The molecule has 0 spiro atoms. The van der Waals surface area contributed by atoms with Crippen molar-refractivity contribution in [3.63, 3.8) is 0 Å². The highest BCUT2D eigenvalue weighted by atomic mass is 79.9. The molecule has 2 aromatic carbocycles. The fourth-order valence-corrected chi connectivity index (χ4v) is 3.27. The van der Waals surface area contributed by atoms with Crippen molar-refractivity contribution < 1.29 is 4.79 Å². The molecule has 6 heteroatoms. The molecule has 0 saturated heterocycles. The molecule has 26 heavy (non-hydrogen) atoms. The minimum absolute atomic E-state index is 0.159. The third-order valence-corrected chi connectivity index (χ3v) is 4.93. The zero-order valence-electron chi connectivity index (χ0n) is 14.4. The Morgan fingerprint density at radius 3 is 2.77 bits per heavy atom. The molecule has 134 valence electrons. The number of halogens is 2. The number of rotatable bonds is 6. The third-order valence-electron chi connectivity index (χ3n) is 4.10. The molecule has 1 heterocycles. The number of hydrogen-bond donors (Lipinski definition) is 1. The van der Waals surface area contributed by atoms with Crippen molar-refractivity contribution in [1.29, 1.82) is 0 Å². The summed E-state index contributed by atoms with van der Waals surface area (Å²) in [6, 6.07) is 15.3. The third kappa shape index (κ3) is 4.54. The maximum Gasteiger partial charge on any atom is 0.252 e. The summed E-state index contributed by atoms with van der Waals surface area (Å²) in [6.45, 7) is 2.59. The number of para-hydroxylation sites is 1. The predicted molar refractivity (Wildman–Crippen MR) is 108 cm³/mol. The molecule has 0 aliphatic carbocycles. The number of benzene rings is 2. The molecule has 1 aromatic heterocycles. The van der Waals surface area contributed by atoms with Crippen molar-refractivity contribution in [3.8, 4) is 5.69 Å². The second-order valence-corrected chi connectivity index (χ2v) is 7.33. The van der Waals surface area contributed by atoms with Crippen molar-refractivity contribution in [2.24, 2.45) is 0 Å². The van der Waals surface area contributed by atoms with Crippen LogP contribution in [0.5, 0.6) is 0 Å². The molecule has 1 amide bonds. The van der Waals surface area contributed by atoms with Crippen LogP contribution in [0.2, 0.25) is 5.02 Å². The quantitative estimate of drug-likeness (QED) is 0.560. The highest BCUT2D eigenvalue weighted by Crippen LogP contribution is 2.21. The number of carbonyl (C=O) groups is 1. The Morgan fingerprint density at radius 2 is 2.00 bits per heavy atom. The number of amides is 1. The van der Waals surface area contributed by atoms with Crippen LogP contribution < -0.4 is 5.32 Å². The summed E-state index contributed by atoms with van der Waals surface area (Å²) in [5.74, 6) is -0.159. The second kappa shape index (κ2) is 8.52. The van der Waals surface area contributed by atoms with Gasteiger partial charge in [0, 0.05) is 17.2 Å². The Hall–Kier alpha value is -2.11. The van der Waals surface area contributed by atoms with Gasteiger partial charge in [-0.15, -0.1) is 0 Å². The first kappa shape index (κ1) is 18.7. The minimum Gasteiger partial charge on any atom is -0.352 e. The number of hydrogen-bond acceptors (Lipinski definition) is 2. The number of nitrogens with one attached hydrogen (secondary N) is 1. The molecular formula is C20H19BrClN3O. The summed E-state index contributed by atoms with van der Waals surface area (Å²) >= 11 is 9.45. The summed E-state index contributed by atoms with van der Waals surface area (Å²) in [7, 11) is 0. The lowest BCUT2D eigenvalue weighted by atomic mass is 10.1. The Morgan fingerprint density at radius 1 is 1.23 bits per heavy atom. The Bertz CT molecular complexity index is 909. The number of nitrogens with zero attached hydrogens (tertiary/aromatic N) is 2.